The Morgan fingerprint density at radius 3 is 2.24 bits per heavy atom. The lowest BCUT2D eigenvalue weighted by molar-refractivity contribution is -0.135. The fourth-order valence-corrected chi connectivity index (χ4v) is 2.12. The summed E-state index contributed by atoms with van der Waals surface area (Å²) in [6.07, 6.45) is 1.70. The molecular weight excluding hydrogens is 292 g/mol. The van der Waals surface area contributed by atoms with Crippen LogP contribution in [-0.2, 0) is 9.59 Å². The van der Waals surface area contributed by atoms with Gasteiger partial charge in [0.05, 0.1) is 6.54 Å². The van der Waals surface area contributed by atoms with E-state index >= 15 is 0 Å². The Hall–Kier alpha value is -1.75. The molecule has 0 fully saturated rings. The molecule has 6 heteroatoms. The second-order valence-electron chi connectivity index (χ2n) is 4.81. The maximum absolute atomic E-state index is 12.0. The average molecular weight is 313 g/mol. The molecule has 0 saturated carbocycles. The van der Waals surface area contributed by atoms with Gasteiger partial charge in [0.15, 0.2) is 0 Å². The first-order chi connectivity index (χ1) is 9.96. The smallest absolute Gasteiger partial charge is 0.323 e. The van der Waals surface area contributed by atoms with Crippen molar-refractivity contribution < 1.29 is 14.7 Å². The monoisotopic (exact) mass is 312 g/mol. The first-order valence-electron chi connectivity index (χ1n) is 6.97. The van der Waals surface area contributed by atoms with Gasteiger partial charge >= 0.3 is 5.97 Å². The van der Waals surface area contributed by atoms with Crippen LogP contribution in [0.1, 0.15) is 26.7 Å². The van der Waals surface area contributed by atoms with Crippen LogP contribution in [0, 0.1) is 0 Å². The zero-order chi connectivity index (χ0) is 15.8. The average Bonchev–Trinajstić information content (AvgIpc) is 2.44. The number of aliphatic carboxylic acids is 1. The van der Waals surface area contributed by atoms with E-state index in [1.165, 1.54) is 4.90 Å². The number of carbonyl (C=O) groups excluding carboxylic acids is 1. The highest BCUT2D eigenvalue weighted by molar-refractivity contribution is 6.30. The molecule has 0 aliphatic rings. The van der Waals surface area contributed by atoms with Gasteiger partial charge in [0.2, 0.25) is 5.91 Å². The molecule has 1 rings (SSSR count). The van der Waals surface area contributed by atoms with Gasteiger partial charge in [-0.15, -0.1) is 0 Å². The molecule has 0 aliphatic heterocycles. The van der Waals surface area contributed by atoms with Gasteiger partial charge in [-0.2, -0.15) is 0 Å². The lowest BCUT2D eigenvalue weighted by Gasteiger charge is -2.24. The van der Waals surface area contributed by atoms with Crippen molar-refractivity contribution in [2.24, 2.45) is 0 Å². The van der Waals surface area contributed by atoms with E-state index in [9.17, 15) is 9.59 Å². The van der Waals surface area contributed by atoms with E-state index in [2.05, 4.69) is 5.32 Å². The molecule has 1 aromatic carbocycles. The van der Waals surface area contributed by atoms with E-state index in [1.807, 2.05) is 13.8 Å². The quantitative estimate of drug-likeness (QED) is 0.774. The fraction of sp³-hybridized carbons (Fsp3) is 0.467. The number of anilines is 1. The summed E-state index contributed by atoms with van der Waals surface area (Å²) >= 11 is 5.82. The van der Waals surface area contributed by atoms with Crippen molar-refractivity contribution in [2.75, 3.05) is 18.0 Å². The van der Waals surface area contributed by atoms with Gasteiger partial charge in [0, 0.05) is 16.8 Å². The Balaban J connectivity index is 2.76. The maximum Gasteiger partial charge on any atom is 0.323 e. The molecule has 116 valence electrons. The minimum atomic E-state index is -0.986. The van der Waals surface area contributed by atoms with Gasteiger partial charge in [-0.25, -0.2) is 0 Å². The molecular formula is C15H21ClN2O3. The number of carboxylic acid groups (broad SMARTS) is 1. The molecule has 0 heterocycles. The number of carbonyl (C=O) groups is 2. The lowest BCUT2D eigenvalue weighted by Crippen LogP contribution is -2.43. The van der Waals surface area contributed by atoms with Gasteiger partial charge < -0.3 is 15.3 Å². The molecule has 5 nitrogen and oxygen atoms in total. The number of rotatable bonds is 8. The van der Waals surface area contributed by atoms with E-state index in [0.717, 1.165) is 12.8 Å². The molecule has 0 unspecified atom stereocenters. The van der Waals surface area contributed by atoms with Crippen molar-refractivity contribution in [2.45, 2.75) is 32.7 Å². The van der Waals surface area contributed by atoms with E-state index in [0.29, 0.717) is 10.7 Å². The first-order valence-corrected chi connectivity index (χ1v) is 7.35. The summed E-state index contributed by atoms with van der Waals surface area (Å²) in [5.41, 5.74) is 0.654. The number of nitrogens with zero attached hydrogens (tertiary/aromatic N) is 1. The van der Waals surface area contributed by atoms with E-state index in [-0.39, 0.29) is 25.0 Å². The third kappa shape index (κ3) is 6.04. The molecule has 21 heavy (non-hydrogen) atoms. The number of hydrogen-bond donors (Lipinski definition) is 2. The number of hydrogen-bond acceptors (Lipinski definition) is 3. The Morgan fingerprint density at radius 2 is 1.76 bits per heavy atom. The molecule has 0 aromatic heterocycles. The summed E-state index contributed by atoms with van der Waals surface area (Å²) in [4.78, 5) is 24.5. The zero-order valence-electron chi connectivity index (χ0n) is 12.3. The summed E-state index contributed by atoms with van der Waals surface area (Å²) in [5.74, 6) is -1.17. The Kier molecular flexibility index (Phi) is 7.02. The third-order valence-electron chi connectivity index (χ3n) is 3.20. The Labute approximate surface area is 129 Å². The molecule has 2 N–H and O–H groups in total. The summed E-state index contributed by atoms with van der Waals surface area (Å²) in [6.45, 7) is 3.77. The van der Waals surface area contributed by atoms with Crippen LogP contribution in [0.15, 0.2) is 24.3 Å². The third-order valence-corrected chi connectivity index (χ3v) is 3.46. The van der Waals surface area contributed by atoms with Crippen LogP contribution in [0.25, 0.3) is 0 Å². The number of halogens is 1. The number of amides is 1. The van der Waals surface area contributed by atoms with Gasteiger partial charge in [0.1, 0.15) is 6.54 Å². The van der Waals surface area contributed by atoms with Crippen LogP contribution in [-0.4, -0.2) is 36.1 Å². The largest absolute Gasteiger partial charge is 0.480 e. The first kappa shape index (κ1) is 17.3. The van der Waals surface area contributed by atoms with E-state index < -0.39 is 5.97 Å². The van der Waals surface area contributed by atoms with Crippen molar-refractivity contribution in [3.05, 3.63) is 29.3 Å². The van der Waals surface area contributed by atoms with Crippen LogP contribution in [0.5, 0.6) is 0 Å². The van der Waals surface area contributed by atoms with E-state index in [1.54, 1.807) is 24.3 Å². The molecule has 1 aromatic rings. The predicted octanol–water partition coefficient (Wildman–Crippen LogP) is 2.54. The molecule has 0 bridgehead atoms. The molecule has 0 atom stereocenters. The van der Waals surface area contributed by atoms with Crippen LogP contribution in [0.3, 0.4) is 0 Å². The van der Waals surface area contributed by atoms with Crippen molar-refractivity contribution in [3.8, 4) is 0 Å². The van der Waals surface area contributed by atoms with Crippen LogP contribution in [0.2, 0.25) is 5.02 Å². The summed E-state index contributed by atoms with van der Waals surface area (Å²) in [7, 11) is 0. The molecule has 0 spiro atoms. The SMILES string of the molecule is CCC(CC)NC(=O)CN(CC(=O)O)c1ccc(Cl)cc1. The number of benzene rings is 1. The highest BCUT2D eigenvalue weighted by Crippen LogP contribution is 2.17. The molecule has 0 radical (unpaired) electrons. The minimum absolute atomic E-state index is 0.00440. The molecule has 1 amide bonds. The summed E-state index contributed by atoms with van der Waals surface area (Å²) < 4.78 is 0. The van der Waals surface area contributed by atoms with Crippen LogP contribution < -0.4 is 10.2 Å². The highest BCUT2D eigenvalue weighted by atomic mass is 35.5. The lowest BCUT2D eigenvalue weighted by atomic mass is 10.2. The Bertz CT molecular complexity index is 472. The zero-order valence-corrected chi connectivity index (χ0v) is 13.1. The molecule has 0 aliphatic carbocycles. The summed E-state index contributed by atoms with van der Waals surface area (Å²) in [5, 5.41) is 12.5. The van der Waals surface area contributed by atoms with Gasteiger partial charge in [-0.3, -0.25) is 9.59 Å². The van der Waals surface area contributed by atoms with Gasteiger partial charge in [0.25, 0.3) is 0 Å². The van der Waals surface area contributed by atoms with E-state index in [4.69, 9.17) is 16.7 Å². The maximum atomic E-state index is 12.0. The second kappa shape index (κ2) is 8.52. The normalized spacial score (nSPS) is 10.5. The van der Waals surface area contributed by atoms with Crippen molar-refractivity contribution >= 4 is 29.2 Å². The number of carboxylic acids is 1. The fourth-order valence-electron chi connectivity index (χ4n) is 1.99. The standard InChI is InChI=1S/C15H21ClN2O3/c1-3-12(4-2)17-14(19)9-18(10-15(20)21)13-7-5-11(16)6-8-13/h5-8,12H,3-4,9-10H2,1-2H3,(H,17,19)(H,20,21). The highest BCUT2D eigenvalue weighted by Gasteiger charge is 2.16. The van der Waals surface area contributed by atoms with Crippen molar-refractivity contribution in [3.63, 3.8) is 0 Å². The molecule has 0 saturated heterocycles. The van der Waals surface area contributed by atoms with Crippen molar-refractivity contribution in [1.82, 2.24) is 5.32 Å². The number of nitrogens with one attached hydrogen (secondary N) is 1. The Morgan fingerprint density at radius 1 is 1.19 bits per heavy atom. The van der Waals surface area contributed by atoms with Crippen LogP contribution in [0.4, 0.5) is 5.69 Å². The minimum Gasteiger partial charge on any atom is -0.480 e. The predicted molar refractivity (Wildman–Crippen MR) is 83.8 cm³/mol. The second-order valence-corrected chi connectivity index (χ2v) is 5.24. The van der Waals surface area contributed by atoms with Crippen LogP contribution >= 0.6 is 11.6 Å². The van der Waals surface area contributed by atoms with Gasteiger partial charge in [-0.05, 0) is 37.1 Å². The summed E-state index contributed by atoms with van der Waals surface area (Å²) in [6, 6.07) is 6.87. The van der Waals surface area contributed by atoms with Crippen molar-refractivity contribution in [1.29, 1.82) is 0 Å². The topological polar surface area (TPSA) is 69.6 Å². The van der Waals surface area contributed by atoms with Gasteiger partial charge in [-0.1, -0.05) is 25.4 Å².